The van der Waals surface area contributed by atoms with E-state index in [9.17, 15) is 0 Å². The number of aromatic nitrogens is 2. The molecular weight excluding hydrogens is 272 g/mol. The van der Waals surface area contributed by atoms with Crippen LogP contribution in [0.5, 0.6) is 0 Å². The van der Waals surface area contributed by atoms with Gasteiger partial charge in [0.25, 0.3) is 0 Å². The molecule has 1 aromatic heterocycles. The van der Waals surface area contributed by atoms with Crippen LogP contribution in [-0.2, 0) is 18.0 Å². The zero-order valence-corrected chi connectivity index (χ0v) is 12.3. The SMILES string of the molecule is Clc1ccc(C[n+]2ccn(COC3CCCC3)c2)cc1. The Labute approximate surface area is 124 Å². The van der Waals surface area contributed by atoms with Crippen LogP contribution in [0.15, 0.2) is 43.0 Å². The van der Waals surface area contributed by atoms with Gasteiger partial charge in [0.2, 0.25) is 6.33 Å². The quantitative estimate of drug-likeness (QED) is 0.772. The van der Waals surface area contributed by atoms with Gasteiger partial charge in [-0.25, -0.2) is 9.13 Å². The second-order valence-electron chi connectivity index (χ2n) is 5.43. The maximum atomic E-state index is 5.90. The molecule has 1 fully saturated rings. The molecule has 0 radical (unpaired) electrons. The van der Waals surface area contributed by atoms with Crippen LogP contribution in [0.1, 0.15) is 31.2 Å². The molecule has 1 aliphatic carbocycles. The van der Waals surface area contributed by atoms with Crippen molar-refractivity contribution >= 4 is 11.6 Å². The number of imidazole rings is 1. The largest absolute Gasteiger partial charge is 0.338 e. The molecule has 3 nitrogen and oxygen atoms in total. The molecule has 1 aromatic carbocycles. The van der Waals surface area contributed by atoms with Gasteiger partial charge in [0.05, 0.1) is 6.10 Å². The van der Waals surface area contributed by atoms with Gasteiger partial charge < -0.3 is 4.74 Å². The first kappa shape index (κ1) is 13.7. The highest BCUT2D eigenvalue weighted by atomic mass is 35.5. The summed E-state index contributed by atoms with van der Waals surface area (Å²) in [5, 5.41) is 0.779. The van der Waals surface area contributed by atoms with Crippen molar-refractivity contribution in [2.24, 2.45) is 0 Å². The Morgan fingerprint density at radius 3 is 2.70 bits per heavy atom. The van der Waals surface area contributed by atoms with Crippen molar-refractivity contribution in [2.45, 2.75) is 45.1 Å². The molecule has 0 atom stereocenters. The predicted molar refractivity (Wildman–Crippen MR) is 78.5 cm³/mol. The Balaban J connectivity index is 1.54. The maximum absolute atomic E-state index is 5.90. The van der Waals surface area contributed by atoms with Gasteiger partial charge >= 0.3 is 0 Å². The lowest BCUT2D eigenvalue weighted by Crippen LogP contribution is -2.31. The molecule has 0 aliphatic heterocycles. The molecule has 106 valence electrons. The van der Waals surface area contributed by atoms with Gasteiger partial charge in [0.15, 0.2) is 6.73 Å². The van der Waals surface area contributed by atoms with E-state index in [4.69, 9.17) is 16.3 Å². The van der Waals surface area contributed by atoms with E-state index in [1.165, 1.54) is 31.2 Å². The minimum Gasteiger partial charge on any atom is -0.338 e. The summed E-state index contributed by atoms with van der Waals surface area (Å²) >= 11 is 5.89. The van der Waals surface area contributed by atoms with E-state index in [-0.39, 0.29) is 0 Å². The summed E-state index contributed by atoms with van der Waals surface area (Å²) in [5.41, 5.74) is 1.24. The monoisotopic (exact) mass is 291 g/mol. The molecule has 3 rings (SSSR count). The van der Waals surface area contributed by atoms with Crippen LogP contribution < -0.4 is 4.57 Å². The van der Waals surface area contributed by atoms with E-state index in [0.717, 1.165) is 11.6 Å². The molecule has 0 amide bonds. The number of benzene rings is 1. The van der Waals surface area contributed by atoms with Crippen molar-refractivity contribution in [1.82, 2.24) is 4.57 Å². The summed E-state index contributed by atoms with van der Waals surface area (Å²) in [6, 6.07) is 7.97. The molecule has 0 unspecified atom stereocenters. The Kier molecular flexibility index (Phi) is 4.38. The van der Waals surface area contributed by atoms with E-state index >= 15 is 0 Å². The summed E-state index contributed by atoms with van der Waals surface area (Å²) in [5.74, 6) is 0. The first-order valence-corrected chi connectivity index (χ1v) is 7.58. The third-order valence-corrected chi connectivity index (χ3v) is 4.04. The lowest BCUT2D eigenvalue weighted by molar-refractivity contribution is -0.688. The van der Waals surface area contributed by atoms with Crippen molar-refractivity contribution in [1.29, 1.82) is 0 Å². The number of nitrogens with zero attached hydrogens (tertiary/aromatic N) is 2. The summed E-state index contributed by atoms with van der Waals surface area (Å²) in [6.07, 6.45) is 11.7. The predicted octanol–water partition coefficient (Wildman–Crippen LogP) is 3.39. The molecular formula is C16H20ClN2O+. The van der Waals surface area contributed by atoms with Crippen LogP contribution in [0.3, 0.4) is 0 Å². The molecule has 2 aromatic rings. The molecule has 1 aliphatic rings. The fourth-order valence-corrected chi connectivity index (χ4v) is 2.78. The zero-order valence-electron chi connectivity index (χ0n) is 11.5. The minimum atomic E-state index is 0.460. The van der Waals surface area contributed by atoms with E-state index in [1.54, 1.807) is 0 Å². The van der Waals surface area contributed by atoms with Gasteiger partial charge in [0.1, 0.15) is 18.9 Å². The summed E-state index contributed by atoms with van der Waals surface area (Å²) < 4.78 is 10.1. The first-order valence-electron chi connectivity index (χ1n) is 7.20. The zero-order chi connectivity index (χ0) is 13.8. The van der Waals surface area contributed by atoms with Gasteiger partial charge in [-0.05, 0) is 30.5 Å². The van der Waals surface area contributed by atoms with Gasteiger partial charge in [-0.2, -0.15) is 0 Å². The fraction of sp³-hybridized carbons (Fsp3) is 0.438. The molecule has 0 spiro atoms. The van der Waals surface area contributed by atoms with Crippen LogP contribution in [0, 0.1) is 0 Å². The number of hydrogen-bond donors (Lipinski definition) is 0. The van der Waals surface area contributed by atoms with Crippen LogP contribution >= 0.6 is 11.6 Å². The van der Waals surface area contributed by atoms with E-state index in [0.29, 0.717) is 12.8 Å². The average Bonchev–Trinajstić information content (AvgIpc) is 3.10. The van der Waals surface area contributed by atoms with Crippen molar-refractivity contribution < 1.29 is 9.30 Å². The Bertz CT molecular complexity index is 544. The number of halogens is 1. The van der Waals surface area contributed by atoms with Gasteiger partial charge in [0, 0.05) is 5.02 Å². The molecule has 4 heteroatoms. The van der Waals surface area contributed by atoms with E-state index in [2.05, 4.69) is 40.0 Å². The fourth-order valence-electron chi connectivity index (χ4n) is 2.66. The number of rotatable bonds is 5. The molecule has 1 saturated carbocycles. The second kappa shape index (κ2) is 6.42. The smallest absolute Gasteiger partial charge is 0.245 e. The lowest BCUT2D eigenvalue weighted by Gasteiger charge is -2.07. The highest BCUT2D eigenvalue weighted by Gasteiger charge is 2.16. The van der Waals surface area contributed by atoms with E-state index < -0.39 is 0 Å². The van der Waals surface area contributed by atoms with Gasteiger partial charge in [-0.1, -0.05) is 36.6 Å². The topological polar surface area (TPSA) is 18.0 Å². The third kappa shape index (κ3) is 3.62. The lowest BCUT2D eigenvalue weighted by atomic mass is 10.2. The van der Waals surface area contributed by atoms with E-state index in [1.807, 2.05) is 12.1 Å². The van der Waals surface area contributed by atoms with Crippen molar-refractivity contribution in [3.8, 4) is 0 Å². The highest BCUT2D eigenvalue weighted by Crippen LogP contribution is 2.21. The van der Waals surface area contributed by atoms with Crippen molar-refractivity contribution in [3.63, 3.8) is 0 Å². The molecule has 20 heavy (non-hydrogen) atoms. The van der Waals surface area contributed by atoms with Crippen molar-refractivity contribution in [3.05, 3.63) is 53.6 Å². The standard InChI is InChI=1S/C16H20ClN2O/c17-15-7-5-14(6-8-15)11-18-9-10-19(12-18)13-20-16-3-1-2-4-16/h5-10,12,16H,1-4,11,13H2/q+1. The summed E-state index contributed by atoms with van der Waals surface area (Å²) in [7, 11) is 0. The summed E-state index contributed by atoms with van der Waals surface area (Å²) in [6.45, 7) is 1.51. The average molecular weight is 292 g/mol. The Hall–Kier alpha value is -1.32. The first-order chi connectivity index (χ1) is 9.79. The second-order valence-corrected chi connectivity index (χ2v) is 5.87. The van der Waals surface area contributed by atoms with Gasteiger partial charge in [-0.3, -0.25) is 0 Å². The molecule has 1 heterocycles. The Morgan fingerprint density at radius 1 is 1.20 bits per heavy atom. The van der Waals surface area contributed by atoms with Crippen LogP contribution in [0.4, 0.5) is 0 Å². The maximum Gasteiger partial charge on any atom is 0.245 e. The number of ether oxygens (including phenoxy) is 1. The highest BCUT2D eigenvalue weighted by molar-refractivity contribution is 6.30. The third-order valence-electron chi connectivity index (χ3n) is 3.79. The number of hydrogen-bond acceptors (Lipinski definition) is 1. The van der Waals surface area contributed by atoms with Crippen LogP contribution in [0.2, 0.25) is 5.02 Å². The minimum absolute atomic E-state index is 0.460. The van der Waals surface area contributed by atoms with Gasteiger partial charge in [-0.15, -0.1) is 0 Å². The molecule has 0 bridgehead atoms. The van der Waals surface area contributed by atoms with Crippen LogP contribution in [0.25, 0.3) is 0 Å². The van der Waals surface area contributed by atoms with Crippen molar-refractivity contribution in [2.75, 3.05) is 0 Å². The molecule has 0 N–H and O–H groups in total. The Morgan fingerprint density at radius 2 is 1.95 bits per heavy atom. The molecule has 0 saturated heterocycles. The van der Waals surface area contributed by atoms with Crippen LogP contribution in [-0.4, -0.2) is 10.7 Å². The summed E-state index contributed by atoms with van der Waals surface area (Å²) in [4.78, 5) is 0. The normalized spacial score (nSPS) is 15.8.